The van der Waals surface area contributed by atoms with E-state index in [4.69, 9.17) is 19.7 Å². The SMILES string of the molecule is COC[C@H](COP(=O)(O)OCC(O)CO)OC. The first-order valence-electron chi connectivity index (χ1n) is 4.87. The molecule has 3 N–H and O–H groups in total. The quantitative estimate of drug-likeness (QED) is 0.441. The van der Waals surface area contributed by atoms with Crippen LogP contribution in [0.2, 0.25) is 0 Å². The fourth-order valence-electron chi connectivity index (χ4n) is 0.818. The van der Waals surface area contributed by atoms with Crippen molar-refractivity contribution in [2.24, 2.45) is 0 Å². The van der Waals surface area contributed by atoms with Crippen molar-refractivity contribution in [1.29, 1.82) is 0 Å². The fourth-order valence-corrected chi connectivity index (χ4v) is 1.61. The minimum atomic E-state index is -4.26. The maximum Gasteiger partial charge on any atom is 0.472 e. The molecule has 0 aliphatic rings. The standard InChI is InChI=1S/C8H19O8P/c1-13-5-8(14-2)6-16-17(11,12)15-4-7(10)3-9/h7-10H,3-6H2,1-2H3,(H,11,12)/t7?,8-/m1/s1. The molecule has 0 aliphatic carbocycles. The van der Waals surface area contributed by atoms with Gasteiger partial charge in [0.25, 0.3) is 0 Å². The third kappa shape index (κ3) is 8.64. The number of rotatable bonds is 10. The summed E-state index contributed by atoms with van der Waals surface area (Å²) in [5, 5.41) is 17.4. The van der Waals surface area contributed by atoms with Gasteiger partial charge in [0, 0.05) is 14.2 Å². The number of ether oxygens (including phenoxy) is 2. The highest BCUT2D eigenvalue weighted by molar-refractivity contribution is 7.47. The highest BCUT2D eigenvalue weighted by Crippen LogP contribution is 2.43. The van der Waals surface area contributed by atoms with E-state index in [1.807, 2.05) is 0 Å². The van der Waals surface area contributed by atoms with E-state index in [0.29, 0.717) is 0 Å². The smallest absolute Gasteiger partial charge is 0.394 e. The molecule has 104 valence electrons. The van der Waals surface area contributed by atoms with Crippen molar-refractivity contribution in [3.05, 3.63) is 0 Å². The highest BCUT2D eigenvalue weighted by atomic mass is 31.2. The van der Waals surface area contributed by atoms with E-state index in [2.05, 4.69) is 9.05 Å². The van der Waals surface area contributed by atoms with Gasteiger partial charge in [-0.1, -0.05) is 0 Å². The Kier molecular flexibility index (Phi) is 8.93. The van der Waals surface area contributed by atoms with Gasteiger partial charge in [-0.2, -0.15) is 0 Å². The maximum atomic E-state index is 11.3. The van der Waals surface area contributed by atoms with Crippen molar-refractivity contribution in [2.45, 2.75) is 12.2 Å². The molecule has 0 aromatic heterocycles. The average molecular weight is 274 g/mol. The van der Waals surface area contributed by atoms with E-state index in [1.165, 1.54) is 14.2 Å². The molecule has 0 saturated carbocycles. The van der Waals surface area contributed by atoms with Crippen molar-refractivity contribution in [3.8, 4) is 0 Å². The summed E-state index contributed by atoms with van der Waals surface area (Å²) in [5.41, 5.74) is 0. The maximum absolute atomic E-state index is 11.3. The molecular weight excluding hydrogens is 255 g/mol. The van der Waals surface area contributed by atoms with E-state index >= 15 is 0 Å². The van der Waals surface area contributed by atoms with Crippen LogP contribution in [0.4, 0.5) is 0 Å². The van der Waals surface area contributed by atoms with Crippen molar-refractivity contribution in [1.82, 2.24) is 0 Å². The minimum Gasteiger partial charge on any atom is -0.394 e. The van der Waals surface area contributed by atoms with Crippen LogP contribution < -0.4 is 0 Å². The topological polar surface area (TPSA) is 115 Å². The Bertz CT molecular complexity index is 236. The van der Waals surface area contributed by atoms with E-state index < -0.39 is 33.2 Å². The first kappa shape index (κ1) is 16.9. The molecule has 9 heteroatoms. The summed E-state index contributed by atoms with van der Waals surface area (Å²) in [4.78, 5) is 9.19. The lowest BCUT2D eigenvalue weighted by Gasteiger charge is -2.18. The summed E-state index contributed by atoms with van der Waals surface area (Å²) < 4.78 is 30.0. The molecule has 8 nitrogen and oxygen atoms in total. The second-order valence-electron chi connectivity index (χ2n) is 3.21. The van der Waals surface area contributed by atoms with Crippen molar-refractivity contribution in [3.63, 3.8) is 0 Å². The van der Waals surface area contributed by atoms with E-state index in [1.54, 1.807) is 0 Å². The molecule has 0 aromatic carbocycles. The molecule has 0 bridgehead atoms. The average Bonchev–Trinajstić information content (AvgIpc) is 2.31. The number of phosphoric acid groups is 1. The monoisotopic (exact) mass is 274 g/mol. The largest absolute Gasteiger partial charge is 0.472 e. The van der Waals surface area contributed by atoms with Gasteiger partial charge in [-0.3, -0.25) is 9.05 Å². The Labute approximate surface area is 99.7 Å². The van der Waals surface area contributed by atoms with Gasteiger partial charge in [0.05, 0.1) is 26.4 Å². The summed E-state index contributed by atoms with van der Waals surface area (Å²) in [5.74, 6) is 0. The predicted molar refractivity (Wildman–Crippen MR) is 57.5 cm³/mol. The molecule has 3 atom stereocenters. The zero-order chi connectivity index (χ0) is 13.3. The number of hydrogen-bond donors (Lipinski definition) is 3. The van der Waals surface area contributed by atoms with Gasteiger partial charge in [-0.15, -0.1) is 0 Å². The van der Waals surface area contributed by atoms with Gasteiger partial charge >= 0.3 is 7.82 Å². The number of phosphoric ester groups is 1. The molecule has 0 spiro atoms. The van der Waals surface area contributed by atoms with Crippen LogP contribution in [0.25, 0.3) is 0 Å². The molecule has 0 fully saturated rings. The second kappa shape index (κ2) is 8.96. The van der Waals surface area contributed by atoms with Gasteiger partial charge in [0.2, 0.25) is 0 Å². The van der Waals surface area contributed by atoms with Gasteiger partial charge in [-0.05, 0) is 0 Å². The molecule has 2 unspecified atom stereocenters. The van der Waals surface area contributed by atoms with Crippen molar-refractivity contribution < 1.29 is 38.2 Å². The molecule has 0 saturated heterocycles. The minimum absolute atomic E-state index is 0.187. The first-order chi connectivity index (χ1) is 7.95. The summed E-state index contributed by atoms with van der Waals surface area (Å²) in [6.45, 7) is -1.04. The van der Waals surface area contributed by atoms with Crippen LogP contribution >= 0.6 is 7.82 Å². The Morgan fingerprint density at radius 3 is 2.24 bits per heavy atom. The van der Waals surface area contributed by atoms with Crippen LogP contribution in [0.1, 0.15) is 0 Å². The normalized spacial score (nSPS) is 18.6. The summed E-state index contributed by atoms with van der Waals surface area (Å²) in [6, 6.07) is 0. The Balaban J connectivity index is 3.94. The number of hydrogen-bond acceptors (Lipinski definition) is 7. The summed E-state index contributed by atoms with van der Waals surface area (Å²) >= 11 is 0. The Hall–Kier alpha value is -0.0500. The van der Waals surface area contributed by atoms with Gasteiger partial charge in [0.15, 0.2) is 0 Å². The third-order valence-electron chi connectivity index (χ3n) is 1.75. The number of aliphatic hydroxyl groups excluding tert-OH is 2. The zero-order valence-electron chi connectivity index (χ0n) is 9.81. The van der Waals surface area contributed by atoms with Gasteiger partial charge in [-0.25, -0.2) is 4.57 Å². The molecule has 0 rings (SSSR count). The van der Waals surface area contributed by atoms with E-state index in [0.717, 1.165) is 0 Å². The van der Waals surface area contributed by atoms with Crippen LogP contribution in [-0.4, -0.2) is 68.0 Å². The zero-order valence-corrected chi connectivity index (χ0v) is 10.7. The van der Waals surface area contributed by atoms with Gasteiger partial charge in [0.1, 0.15) is 12.2 Å². The van der Waals surface area contributed by atoms with E-state index in [-0.39, 0.29) is 13.2 Å². The molecule has 0 radical (unpaired) electrons. The molecule has 17 heavy (non-hydrogen) atoms. The molecule has 0 aliphatic heterocycles. The lowest BCUT2D eigenvalue weighted by atomic mass is 10.4. The van der Waals surface area contributed by atoms with Crippen molar-refractivity contribution >= 4 is 7.82 Å². The molecule has 0 heterocycles. The second-order valence-corrected chi connectivity index (χ2v) is 4.66. The number of aliphatic hydroxyl groups is 2. The summed E-state index contributed by atoms with van der Waals surface area (Å²) in [6.07, 6.45) is -1.72. The molecule has 0 aromatic rings. The van der Waals surface area contributed by atoms with Crippen LogP contribution in [0.5, 0.6) is 0 Å². The predicted octanol–water partition coefficient (Wildman–Crippen LogP) is -0.865. The highest BCUT2D eigenvalue weighted by Gasteiger charge is 2.24. The van der Waals surface area contributed by atoms with Gasteiger partial charge < -0.3 is 24.6 Å². The summed E-state index contributed by atoms with van der Waals surface area (Å²) in [7, 11) is -1.39. The van der Waals surface area contributed by atoms with Crippen LogP contribution in [0.3, 0.4) is 0 Å². The van der Waals surface area contributed by atoms with E-state index in [9.17, 15) is 9.46 Å². The Morgan fingerprint density at radius 2 is 1.76 bits per heavy atom. The molecular formula is C8H19O8P. The number of methoxy groups -OCH3 is 2. The Morgan fingerprint density at radius 1 is 1.18 bits per heavy atom. The molecule has 0 amide bonds. The fraction of sp³-hybridized carbons (Fsp3) is 1.00. The van der Waals surface area contributed by atoms with Crippen LogP contribution in [-0.2, 0) is 23.1 Å². The first-order valence-corrected chi connectivity index (χ1v) is 6.37. The van der Waals surface area contributed by atoms with Crippen LogP contribution in [0, 0.1) is 0 Å². The van der Waals surface area contributed by atoms with Crippen molar-refractivity contribution in [2.75, 3.05) is 40.6 Å². The van der Waals surface area contributed by atoms with Crippen LogP contribution in [0.15, 0.2) is 0 Å². The lowest BCUT2D eigenvalue weighted by Crippen LogP contribution is -2.24. The lowest BCUT2D eigenvalue weighted by molar-refractivity contribution is -0.0133. The third-order valence-corrected chi connectivity index (χ3v) is 2.70.